The first kappa shape index (κ1) is 24.0. The van der Waals surface area contributed by atoms with Gasteiger partial charge in [0.2, 0.25) is 0 Å². The summed E-state index contributed by atoms with van der Waals surface area (Å²) in [7, 11) is 0. The number of unbranched alkanes of at least 4 members (excludes halogenated alkanes) is 8. The van der Waals surface area contributed by atoms with E-state index in [9.17, 15) is 0 Å². The van der Waals surface area contributed by atoms with Gasteiger partial charge in [-0.3, -0.25) is 0 Å². The van der Waals surface area contributed by atoms with Crippen LogP contribution in [0.5, 0.6) is 0 Å². The van der Waals surface area contributed by atoms with Crippen LogP contribution >= 0.6 is 0 Å². The molecule has 1 heterocycles. The molecular weight excluding hydrogens is 306 g/mol. The van der Waals surface area contributed by atoms with Gasteiger partial charge in [0.1, 0.15) is 5.82 Å². The number of rotatable bonds is 13. The molecule has 0 aliphatic rings. The first-order chi connectivity index (χ1) is 12.2. The topological polar surface area (TPSA) is 38.7 Å². The SMILES string of the molecule is CCCCCC(CCC)c1cnc(C)nn1.CCCCCCCCC. The summed E-state index contributed by atoms with van der Waals surface area (Å²) in [6, 6.07) is 0. The van der Waals surface area contributed by atoms with Crippen molar-refractivity contribution < 1.29 is 0 Å². The molecule has 3 heteroatoms. The van der Waals surface area contributed by atoms with Crippen molar-refractivity contribution in [1.29, 1.82) is 0 Å². The first-order valence-corrected chi connectivity index (χ1v) is 10.9. The lowest BCUT2D eigenvalue weighted by Gasteiger charge is -2.14. The first-order valence-electron chi connectivity index (χ1n) is 10.9. The van der Waals surface area contributed by atoms with Crippen molar-refractivity contribution in [1.82, 2.24) is 15.2 Å². The monoisotopic (exact) mass is 349 g/mol. The second-order valence-electron chi connectivity index (χ2n) is 7.18. The van der Waals surface area contributed by atoms with E-state index in [2.05, 4.69) is 42.9 Å². The van der Waals surface area contributed by atoms with Crippen LogP contribution in [-0.4, -0.2) is 15.2 Å². The average Bonchev–Trinajstić information content (AvgIpc) is 2.62. The summed E-state index contributed by atoms with van der Waals surface area (Å²) in [5, 5.41) is 8.31. The third kappa shape index (κ3) is 13.9. The van der Waals surface area contributed by atoms with Crippen LogP contribution < -0.4 is 0 Å². The minimum absolute atomic E-state index is 0.553. The van der Waals surface area contributed by atoms with Crippen molar-refractivity contribution >= 4 is 0 Å². The van der Waals surface area contributed by atoms with Crippen LogP contribution in [-0.2, 0) is 0 Å². The van der Waals surface area contributed by atoms with Gasteiger partial charge in [0.15, 0.2) is 0 Å². The molecule has 146 valence electrons. The molecule has 0 aliphatic heterocycles. The molecule has 1 unspecified atom stereocenters. The van der Waals surface area contributed by atoms with Gasteiger partial charge in [-0.2, -0.15) is 5.10 Å². The molecule has 1 aromatic heterocycles. The molecule has 0 amide bonds. The second kappa shape index (κ2) is 17.8. The highest BCUT2D eigenvalue weighted by Crippen LogP contribution is 2.24. The molecule has 0 bridgehead atoms. The van der Waals surface area contributed by atoms with Crippen molar-refractivity contribution in [3.05, 3.63) is 17.7 Å². The second-order valence-corrected chi connectivity index (χ2v) is 7.18. The molecule has 0 spiro atoms. The van der Waals surface area contributed by atoms with Gasteiger partial charge in [-0.25, -0.2) is 4.98 Å². The minimum Gasteiger partial charge on any atom is -0.238 e. The lowest BCUT2D eigenvalue weighted by Crippen LogP contribution is -2.05. The zero-order valence-corrected chi connectivity index (χ0v) is 17.7. The Balaban J connectivity index is 0.000000547. The zero-order chi connectivity index (χ0) is 18.8. The van der Waals surface area contributed by atoms with Crippen LogP contribution in [0.3, 0.4) is 0 Å². The third-order valence-corrected chi connectivity index (χ3v) is 4.61. The summed E-state index contributed by atoms with van der Waals surface area (Å²) in [6.45, 7) is 10.9. The Morgan fingerprint density at radius 2 is 1.24 bits per heavy atom. The number of hydrogen-bond acceptors (Lipinski definition) is 3. The fourth-order valence-corrected chi connectivity index (χ4v) is 2.99. The van der Waals surface area contributed by atoms with Crippen molar-refractivity contribution in [2.24, 2.45) is 0 Å². The normalized spacial score (nSPS) is 11.7. The maximum atomic E-state index is 4.26. The fourth-order valence-electron chi connectivity index (χ4n) is 2.99. The molecule has 25 heavy (non-hydrogen) atoms. The fraction of sp³-hybridized carbons (Fsp3) is 0.864. The van der Waals surface area contributed by atoms with Crippen LogP contribution in [0, 0.1) is 6.92 Å². The van der Waals surface area contributed by atoms with Crippen LogP contribution in [0.2, 0.25) is 0 Å². The number of aryl methyl sites for hydroxylation is 1. The Morgan fingerprint density at radius 3 is 1.72 bits per heavy atom. The lowest BCUT2D eigenvalue weighted by atomic mass is 9.94. The smallest absolute Gasteiger partial charge is 0.147 e. The van der Waals surface area contributed by atoms with E-state index in [1.54, 1.807) is 0 Å². The van der Waals surface area contributed by atoms with Gasteiger partial charge >= 0.3 is 0 Å². The standard InChI is InChI=1S/C13H23N3.C9H20/c1-4-6-7-9-12(8-5-2)13-10-14-11(3)15-16-13;1-3-5-7-9-8-6-4-2/h10,12H,4-9H2,1-3H3;3-9H2,1-2H3. The van der Waals surface area contributed by atoms with Crippen LogP contribution in [0.4, 0.5) is 0 Å². The molecule has 1 rings (SSSR count). The van der Waals surface area contributed by atoms with Gasteiger partial charge in [0.25, 0.3) is 0 Å². The van der Waals surface area contributed by atoms with Crippen LogP contribution in [0.1, 0.15) is 129 Å². The molecule has 0 aliphatic carbocycles. The Kier molecular flexibility index (Phi) is 17.1. The molecule has 1 aromatic rings. The molecule has 0 radical (unpaired) electrons. The molecule has 0 fully saturated rings. The van der Waals surface area contributed by atoms with Crippen LogP contribution in [0.25, 0.3) is 0 Å². The van der Waals surface area contributed by atoms with Gasteiger partial charge in [0, 0.05) is 5.92 Å². The van der Waals surface area contributed by atoms with E-state index in [4.69, 9.17) is 0 Å². The van der Waals surface area contributed by atoms with E-state index in [1.165, 1.54) is 83.5 Å². The van der Waals surface area contributed by atoms with E-state index >= 15 is 0 Å². The van der Waals surface area contributed by atoms with Gasteiger partial charge in [-0.05, 0) is 19.8 Å². The molecule has 0 saturated carbocycles. The molecular formula is C22H43N3. The molecule has 1 atom stereocenters. The van der Waals surface area contributed by atoms with Crippen molar-refractivity contribution in [2.75, 3.05) is 0 Å². The average molecular weight is 350 g/mol. The Labute approximate surface area is 157 Å². The maximum absolute atomic E-state index is 4.26. The van der Waals surface area contributed by atoms with Crippen molar-refractivity contribution in [3.63, 3.8) is 0 Å². The Hall–Kier alpha value is -0.990. The van der Waals surface area contributed by atoms with E-state index in [0.717, 1.165) is 11.5 Å². The molecule has 0 N–H and O–H groups in total. The molecule has 3 nitrogen and oxygen atoms in total. The highest BCUT2D eigenvalue weighted by Gasteiger charge is 2.12. The molecule has 0 aromatic carbocycles. The van der Waals surface area contributed by atoms with E-state index < -0.39 is 0 Å². The van der Waals surface area contributed by atoms with Gasteiger partial charge in [-0.15, -0.1) is 5.10 Å². The van der Waals surface area contributed by atoms with Crippen molar-refractivity contribution in [2.45, 2.75) is 124 Å². The summed E-state index contributed by atoms with van der Waals surface area (Å²) >= 11 is 0. The summed E-state index contributed by atoms with van der Waals surface area (Å²) in [4.78, 5) is 4.24. The summed E-state index contributed by atoms with van der Waals surface area (Å²) in [5.74, 6) is 1.31. The highest BCUT2D eigenvalue weighted by molar-refractivity contribution is 5.02. The lowest BCUT2D eigenvalue weighted by molar-refractivity contribution is 0.511. The van der Waals surface area contributed by atoms with E-state index in [-0.39, 0.29) is 0 Å². The Morgan fingerprint density at radius 1 is 0.680 bits per heavy atom. The van der Waals surface area contributed by atoms with Gasteiger partial charge in [0.05, 0.1) is 11.9 Å². The minimum atomic E-state index is 0.553. The third-order valence-electron chi connectivity index (χ3n) is 4.61. The largest absolute Gasteiger partial charge is 0.238 e. The predicted molar refractivity (Wildman–Crippen MR) is 110 cm³/mol. The van der Waals surface area contributed by atoms with E-state index in [1.807, 2.05) is 13.1 Å². The van der Waals surface area contributed by atoms with Crippen LogP contribution in [0.15, 0.2) is 6.20 Å². The summed E-state index contributed by atoms with van der Waals surface area (Å²) in [6.07, 6.45) is 19.4. The molecule has 0 saturated heterocycles. The van der Waals surface area contributed by atoms with Gasteiger partial charge < -0.3 is 0 Å². The van der Waals surface area contributed by atoms with E-state index in [0.29, 0.717) is 5.92 Å². The number of aromatic nitrogens is 3. The quantitative estimate of drug-likeness (QED) is 0.348. The summed E-state index contributed by atoms with van der Waals surface area (Å²) < 4.78 is 0. The Bertz CT molecular complexity index is 369. The predicted octanol–water partition coefficient (Wildman–Crippen LogP) is 7.40. The summed E-state index contributed by atoms with van der Waals surface area (Å²) in [5.41, 5.74) is 1.07. The zero-order valence-electron chi connectivity index (χ0n) is 17.7. The van der Waals surface area contributed by atoms with Gasteiger partial charge in [-0.1, -0.05) is 98.3 Å². The maximum Gasteiger partial charge on any atom is 0.147 e. The highest BCUT2D eigenvalue weighted by atomic mass is 15.1. The van der Waals surface area contributed by atoms with Crippen molar-refractivity contribution in [3.8, 4) is 0 Å². The number of nitrogens with zero attached hydrogens (tertiary/aromatic N) is 3. The number of hydrogen-bond donors (Lipinski definition) is 0.